The number of ketones is 1. The van der Waals surface area contributed by atoms with Crippen molar-refractivity contribution in [2.24, 2.45) is 0 Å². The number of hydrogen-bond donors (Lipinski definition) is 1. The van der Waals surface area contributed by atoms with E-state index in [-0.39, 0.29) is 30.2 Å². The first-order valence-electron chi connectivity index (χ1n) is 9.82. The molecule has 164 valence electrons. The Labute approximate surface area is 177 Å². The Morgan fingerprint density at radius 1 is 0.935 bits per heavy atom. The van der Waals surface area contributed by atoms with E-state index in [2.05, 4.69) is 5.32 Å². The van der Waals surface area contributed by atoms with E-state index in [1.165, 1.54) is 13.0 Å². The molecule has 1 aliphatic heterocycles. The zero-order valence-corrected chi connectivity index (χ0v) is 17.0. The molecule has 1 saturated heterocycles. The van der Waals surface area contributed by atoms with Gasteiger partial charge in [-0.25, -0.2) is 13.2 Å². The maximum Gasteiger partial charge on any atom is 0.254 e. The number of piperazine rings is 1. The quantitative estimate of drug-likeness (QED) is 0.712. The Bertz CT molecular complexity index is 1000. The highest BCUT2D eigenvalue weighted by Gasteiger charge is 2.23. The standard InChI is InChI=1S/C22H22F3N3O3/c1-14(29)15-2-5-20(19(25)12-15)27-8-10-28(11-9-27)21(30)6-7-26-22(31)17-4-3-16(23)13-18(17)24/h2-5,12-13H,6-11H2,1H3,(H,26,31). The third-order valence-electron chi connectivity index (χ3n) is 5.13. The van der Waals surface area contributed by atoms with Gasteiger partial charge in [0.05, 0.1) is 11.3 Å². The molecular weight excluding hydrogens is 411 g/mol. The van der Waals surface area contributed by atoms with Crippen LogP contribution in [0.1, 0.15) is 34.1 Å². The molecule has 0 unspecified atom stereocenters. The van der Waals surface area contributed by atoms with Crippen molar-refractivity contribution in [2.75, 3.05) is 37.6 Å². The van der Waals surface area contributed by atoms with Gasteiger partial charge >= 0.3 is 0 Å². The van der Waals surface area contributed by atoms with Crippen LogP contribution in [-0.4, -0.2) is 55.2 Å². The van der Waals surface area contributed by atoms with Crippen molar-refractivity contribution in [3.8, 4) is 0 Å². The van der Waals surface area contributed by atoms with Crippen molar-refractivity contribution >= 4 is 23.3 Å². The monoisotopic (exact) mass is 433 g/mol. The number of amides is 2. The van der Waals surface area contributed by atoms with E-state index in [0.717, 1.165) is 12.1 Å². The second kappa shape index (κ2) is 9.63. The van der Waals surface area contributed by atoms with Crippen molar-refractivity contribution < 1.29 is 27.6 Å². The average Bonchev–Trinajstić information content (AvgIpc) is 2.73. The molecular formula is C22H22F3N3O3. The molecule has 0 atom stereocenters. The van der Waals surface area contributed by atoms with E-state index >= 15 is 0 Å². The molecule has 2 aromatic carbocycles. The van der Waals surface area contributed by atoms with Gasteiger partial charge in [0.1, 0.15) is 17.5 Å². The largest absolute Gasteiger partial charge is 0.366 e. The minimum atomic E-state index is -0.969. The van der Waals surface area contributed by atoms with Gasteiger partial charge in [-0.15, -0.1) is 0 Å². The second-order valence-corrected chi connectivity index (χ2v) is 7.22. The number of Topliss-reactive ketones (excluding diaryl/α,β-unsaturated/α-hetero) is 1. The van der Waals surface area contributed by atoms with E-state index in [9.17, 15) is 27.6 Å². The van der Waals surface area contributed by atoms with E-state index < -0.39 is 23.4 Å². The van der Waals surface area contributed by atoms with Crippen LogP contribution in [0.25, 0.3) is 0 Å². The summed E-state index contributed by atoms with van der Waals surface area (Å²) in [5.74, 6) is -3.36. The summed E-state index contributed by atoms with van der Waals surface area (Å²) in [6, 6.07) is 7.00. The Morgan fingerprint density at radius 3 is 2.26 bits per heavy atom. The lowest BCUT2D eigenvalue weighted by atomic mass is 10.1. The summed E-state index contributed by atoms with van der Waals surface area (Å²) in [5, 5.41) is 2.45. The highest BCUT2D eigenvalue weighted by molar-refractivity contribution is 5.95. The smallest absolute Gasteiger partial charge is 0.254 e. The molecule has 0 radical (unpaired) electrons. The fourth-order valence-corrected chi connectivity index (χ4v) is 3.39. The third-order valence-corrected chi connectivity index (χ3v) is 5.13. The number of halogens is 3. The molecule has 1 fully saturated rings. The molecule has 3 rings (SSSR count). The number of carbonyl (C=O) groups is 3. The predicted octanol–water partition coefficient (Wildman–Crippen LogP) is 2.78. The summed E-state index contributed by atoms with van der Waals surface area (Å²) in [6.45, 7) is 3.00. The third kappa shape index (κ3) is 5.42. The Hall–Kier alpha value is -3.36. The first-order chi connectivity index (χ1) is 14.8. The highest BCUT2D eigenvalue weighted by atomic mass is 19.1. The molecule has 0 bridgehead atoms. The normalized spacial score (nSPS) is 13.8. The van der Waals surface area contributed by atoms with Crippen molar-refractivity contribution in [3.05, 3.63) is 65.0 Å². The van der Waals surface area contributed by atoms with E-state index in [0.29, 0.717) is 43.5 Å². The highest BCUT2D eigenvalue weighted by Crippen LogP contribution is 2.22. The zero-order chi connectivity index (χ0) is 22.5. The summed E-state index contributed by atoms with van der Waals surface area (Å²) >= 11 is 0. The number of anilines is 1. The molecule has 0 saturated carbocycles. The van der Waals surface area contributed by atoms with Crippen LogP contribution in [0.3, 0.4) is 0 Å². The van der Waals surface area contributed by atoms with E-state index in [1.807, 2.05) is 4.90 Å². The van der Waals surface area contributed by atoms with E-state index in [1.54, 1.807) is 17.0 Å². The van der Waals surface area contributed by atoms with Crippen LogP contribution in [0.4, 0.5) is 18.9 Å². The summed E-state index contributed by atoms with van der Waals surface area (Å²) in [7, 11) is 0. The van der Waals surface area contributed by atoms with Crippen LogP contribution in [0.5, 0.6) is 0 Å². The maximum atomic E-state index is 14.3. The number of rotatable bonds is 6. The van der Waals surface area contributed by atoms with Crippen LogP contribution in [0, 0.1) is 17.5 Å². The summed E-state index contributed by atoms with van der Waals surface area (Å²) < 4.78 is 40.9. The minimum absolute atomic E-state index is 0.00976. The first-order valence-corrected chi connectivity index (χ1v) is 9.82. The lowest BCUT2D eigenvalue weighted by Gasteiger charge is -2.36. The molecule has 6 nitrogen and oxygen atoms in total. The van der Waals surface area contributed by atoms with Gasteiger partial charge < -0.3 is 15.1 Å². The molecule has 2 aromatic rings. The van der Waals surface area contributed by atoms with Crippen molar-refractivity contribution in [1.29, 1.82) is 0 Å². The summed E-state index contributed by atoms with van der Waals surface area (Å²) in [5.41, 5.74) is 0.392. The Kier molecular flexibility index (Phi) is 6.94. The topological polar surface area (TPSA) is 69.7 Å². The fraction of sp³-hybridized carbons (Fsp3) is 0.318. The lowest BCUT2D eigenvalue weighted by molar-refractivity contribution is -0.131. The molecule has 2 amide bonds. The van der Waals surface area contributed by atoms with Gasteiger partial charge in [0.2, 0.25) is 5.91 Å². The number of benzene rings is 2. The molecule has 0 spiro atoms. The van der Waals surface area contributed by atoms with Gasteiger partial charge in [-0.05, 0) is 37.3 Å². The van der Waals surface area contributed by atoms with Gasteiger partial charge in [0.25, 0.3) is 5.91 Å². The van der Waals surface area contributed by atoms with Crippen molar-refractivity contribution in [2.45, 2.75) is 13.3 Å². The average molecular weight is 433 g/mol. The zero-order valence-electron chi connectivity index (χ0n) is 17.0. The molecule has 1 N–H and O–H groups in total. The molecule has 1 aliphatic rings. The van der Waals surface area contributed by atoms with Crippen LogP contribution in [0.15, 0.2) is 36.4 Å². The first kappa shape index (κ1) is 22.3. The fourth-order valence-electron chi connectivity index (χ4n) is 3.39. The number of nitrogens with zero attached hydrogens (tertiary/aromatic N) is 2. The van der Waals surface area contributed by atoms with Crippen LogP contribution >= 0.6 is 0 Å². The van der Waals surface area contributed by atoms with Crippen molar-refractivity contribution in [1.82, 2.24) is 10.2 Å². The summed E-state index contributed by atoms with van der Waals surface area (Å²) in [4.78, 5) is 39.1. The number of hydrogen-bond acceptors (Lipinski definition) is 4. The van der Waals surface area contributed by atoms with Crippen LogP contribution in [0.2, 0.25) is 0 Å². The van der Waals surface area contributed by atoms with Gasteiger partial charge in [-0.1, -0.05) is 0 Å². The van der Waals surface area contributed by atoms with E-state index in [4.69, 9.17) is 0 Å². The van der Waals surface area contributed by atoms with Crippen LogP contribution < -0.4 is 10.2 Å². The lowest BCUT2D eigenvalue weighted by Crippen LogP contribution is -2.49. The molecule has 9 heteroatoms. The van der Waals surface area contributed by atoms with Crippen molar-refractivity contribution in [3.63, 3.8) is 0 Å². The predicted molar refractivity (Wildman–Crippen MR) is 109 cm³/mol. The molecule has 0 aliphatic carbocycles. The number of carbonyl (C=O) groups excluding carboxylic acids is 3. The van der Waals surface area contributed by atoms with Gasteiger partial charge in [0.15, 0.2) is 5.78 Å². The van der Waals surface area contributed by atoms with Gasteiger partial charge in [-0.2, -0.15) is 0 Å². The SMILES string of the molecule is CC(=O)c1ccc(N2CCN(C(=O)CCNC(=O)c3ccc(F)cc3F)CC2)c(F)c1. The Morgan fingerprint density at radius 2 is 1.65 bits per heavy atom. The molecule has 31 heavy (non-hydrogen) atoms. The summed E-state index contributed by atoms with van der Waals surface area (Å²) in [6.07, 6.45) is 0.0240. The Balaban J connectivity index is 1.47. The van der Waals surface area contributed by atoms with Crippen LogP contribution in [-0.2, 0) is 4.79 Å². The minimum Gasteiger partial charge on any atom is -0.366 e. The van der Waals surface area contributed by atoms with Gasteiger partial charge in [-0.3, -0.25) is 14.4 Å². The van der Waals surface area contributed by atoms with Gasteiger partial charge in [0, 0.05) is 50.8 Å². The molecule has 0 aromatic heterocycles. The maximum absolute atomic E-state index is 14.3. The molecule has 1 heterocycles. The second-order valence-electron chi connectivity index (χ2n) is 7.22. The number of nitrogens with one attached hydrogen (secondary N) is 1.